The number of hydrogen-bond donors (Lipinski definition) is 1. The van der Waals surface area contributed by atoms with E-state index in [1.54, 1.807) is 24.3 Å². The molecule has 3 rings (SSSR count). The van der Waals surface area contributed by atoms with Crippen molar-refractivity contribution >= 4 is 44.1 Å². The summed E-state index contributed by atoms with van der Waals surface area (Å²) in [7, 11) is 0. The van der Waals surface area contributed by atoms with Gasteiger partial charge in [-0.15, -0.1) is 11.3 Å². The number of thiophene rings is 1. The van der Waals surface area contributed by atoms with Crippen LogP contribution in [0.3, 0.4) is 0 Å². The zero-order valence-electron chi connectivity index (χ0n) is 10.8. The number of benzene rings is 1. The molecule has 0 saturated heterocycles. The van der Waals surface area contributed by atoms with Gasteiger partial charge in [-0.25, -0.2) is 4.79 Å². The maximum absolute atomic E-state index is 12.1. The number of rotatable bonds is 3. The van der Waals surface area contributed by atoms with E-state index in [-0.39, 0.29) is 5.56 Å². The highest BCUT2D eigenvalue weighted by Gasteiger charge is 2.13. The number of nitrogens with one attached hydrogen (secondary N) is 1. The topological polar surface area (TPSA) is 59.3 Å². The first kappa shape index (κ1) is 14.0. The lowest BCUT2D eigenvalue weighted by molar-refractivity contribution is 0.0948. The van der Waals surface area contributed by atoms with Gasteiger partial charge in [-0.1, -0.05) is 18.2 Å². The van der Waals surface area contributed by atoms with Gasteiger partial charge in [-0.3, -0.25) is 4.79 Å². The van der Waals surface area contributed by atoms with Crippen LogP contribution in [0.15, 0.2) is 55.5 Å². The minimum Gasteiger partial charge on any atom is -0.422 e. The van der Waals surface area contributed by atoms with Crippen LogP contribution in [-0.2, 0) is 6.54 Å². The van der Waals surface area contributed by atoms with Crippen molar-refractivity contribution in [2.45, 2.75) is 6.54 Å². The quantitative estimate of drug-likeness (QED) is 0.723. The zero-order valence-corrected chi connectivity index (χ0v) is 13.2. The highest BCUT2D eigenvalue weighted by molar-refractivity contribution is 9.11. The van der Waals surface area contributed by atoms with Gasteiger partial charge < -0.3 is 9.73 Å². The first-order valence-corrected chi connectivity index (χ1v) is 7.80. The lowest BCUT2D eigenvalue weighted by Crippen LogP contribution is -2.27. The predicted octanol–water partition coefficient (Wildman–Crippen LogP) is 3.55. The van der Waals surface area contributed by atoms with E-state index in [4.69, 9.17) is 4.42 Å². The lowest BCUT2D eigenvalue weighted by Gasteiger charge is -2.03. The van der Waals surface area contributed by atoms with E-state index < -0.39 is 11.5 Å². The molecule has 0 spiro atoms. The highest BCUT2D eigenvalue weighted by atomic mass is 79.9. The van der Waals surface area contributed by atoms with Crippen molar-refractivity contribution in [3.8, 4) is 0 Å². The SMILES string of the molecule is O=C(NCc1ccc(Br)s1)c1cc2ccccc2oc1=O. The van der Waals surface area contributed by atoms with E-state index in [9.17, 15) is 9.59 Å². The van der Waals surface area contributed by atoms with Gasteiger partial charge in [-0.05, 0) is 40.2 Å². The molecule has 21 heavy (non-hydrogen) atoms. The number of fused-ring (bicyclic) bond motifs is 1. The molecule has 0 saturated carbocycles. The van der Waals surface area contributed by atoms with E-state index in [0.29, 0.717) is 12.1 Å². The van der Waals surface area contributed by atoms with Crippen molar-refractivity contribution in [3.63, 3.8) is 0 Å². The Balaban J connectivity index is 1.84. The summed E-state index contributed by atoms with van der Waals surface area (Å²) in [5.41, 5.74) is -0.135. The molecular weight excluding hydrogens is 354 g/mol. The molecule has 0 fully saturated rings. The van der Waals surface area contributed by atoms with Gasteiger partial charge in [-0.2, -0.15) is 0 Å². The molecule has 0 radical (unpaired) electrons. The smallest absolute Gasteiger partial charge is 0.349 e. The van der Waals surface area contributed by atoms with Crippen LogP contribution in [0.2, 0.25) is 0 Å². The second-order valence-electron chi connectivity index (χ2n) is 4.37. The Morgan fingerprint density at radius 1 is 1.24 bits per heavy atom. The van der Waals surface area contributed by atoms with Gasteiger partial charge in [0.05, 0.1) is 10.3 Å². The van der Waals surface area contributed by atoms with Gasteiger partial charge >= 0.3 is 5.63 Å². The molecule has 0 bridgehead atoms. The molecule has 0 aliphatic heterocycles. The third-order valence-corrected chi connectivity index (χ3v) is 4.56. The standard InChI is InChI=1S/C15H10BrNO3S/c16-13-6-5-10(21-13)8-17-14(18)11-7-9-3-1-2-4-12(9)20-15(11)19/h1-7H,8H2,(H,17,18). The van der Waals surface area contributed by atoms with E-state index in [1.165, 1.54) is 11.3 Å². The summed E-state index contributed by atoms with van der Waals surface area (Å²) >= 11 is 4.90. The Kier molecular flexibility index (Phi) is 3.90. The zero-order chi connectivity index (χ0) is 14.8. The molecule has 1 N–H and O–H groups in total. The molecule has 0 aliphatic rings. The Labute approximate surface area is 132 Å². The van der Waals surface area contributed by atoms with Crippen LogP contribution in [0.25, 0.3) is 11.0 Å². The van der Waals surface area contributed by atoms with Crippen molar-refractivity contribution in [2.75, 3.05) is 0 Å². The van der Waals surface area contributed by atoms with Crippen molar-refractivity contribution in [1.29, 1.82) is 0 Å². The summed E-state index contributed by atoms with van der Waals surface area (Å²) in [4.78, 5) is 25.0. The minimum absolute atomic E-state index is 0.0179. The maximum atomic E-state index is 12.1. The molecule has 4 nitrogen and oxygen atoms in total. The number of hydrogen-bond acceptors (Lipinski definition) is 4. The lowest BCUT2D eigenvalue weighted by atomic mass is 10.2. The Morgan fingerprint density at radius 3 is 2.81 bits per heavy atom. The summed E-state index contributed by atoms with van der Waals surface area (Å²) in [6.07, 6.45) is 0. The molecule has 2 aromatic heterocycles. The van der Waals surface area contributed by atoms with Crippen LogP contribution in [0.4, 0.5) is 0 Å². The molecule has 1 amide bonds. The van der Waals surface area contributed by atoms with Crippen molar-refractivity contribution in [1.82, 2.24) is 5.32 Å². The fourth-order valence-electron chi connectivity index (χ4n) is 1.93. The van der Waals surface area contributed by atoms with Gasteiger partial charge in [0.15, 0.2) is 0 Å². The Bertz CT molecular complexity index is 868. The molecule has 0 unspecified atom stereocenters. The van der Waals surface area contributed by atoms with E-state index in [0.717, 1.165) is 14.0 Å². The second kappa shape index (κ2) is 5.83. The maximum Gasteiger partial charge on any atom is 0.349 e. The summed E-state index contributed by atoms with van der Waals surface area (Å²) < 4.78 is 6.15. The van der Waals surface area contributed by atoms with Crippen LogP contribution in [0.1, 0.15) is 15.2 Å². The van der Waals surface area contributed by atoms with Crippen molar-refractivity contribution in [2.24, 2.45) is 0 Å². The van der Waals surface area contributed by atoms with Crippen molar-refractivity contribution in [3.05, 3.63) is 67.1 Å². The number of amides is 1. The first-order chi connectivity index (χ1) is 10.1. The molecular formula is C15H10BrNO3S. The average Bonchev–Trinajstić information content (AvgIpc) is 2.89. The van der Waals surface area contributed by atoms with Gasteiger partial charge in [0.25, 0.3) is 5.91 Å². The summed E-state index contributed by atoms with van der Waals surface area (Å²) in [5.74, 6) is -0.431. The number of carbonyl (C=O) groups is 1. The monoisotopic (exact) mass is 363 g/mol. The van der Waals surface area contributed by atoms with Gasteiger partial charge in [0, 0.05) is 10.3 Å². The molecule has 6 heteroatoms. The number of para-hydroxylation sites is 1. The van der Waals surface area contributed by atoms with Gasteiger partial charge in [0.2, 0.25) is 0 Å². The number of carbonyl (C=O) groups excluding carboxylic acids is 1. The molecule has 0 atom stereocenters. The molecule has 106 valence electrons. The van der Waals surface area contributed by atoms with Crippen LogP contribution >= 0.6 is 27.3 Å². The van der Waals surface area contributed by atoms with E-state index >= 15 is 0 Å². The minimum atomic E-state index is -0.626. The summed E-state index contributed by atoms with van der Waals surface area (Å²) in [5, 5.41) is 3.45. The molecule has 2 heterocycles. The Hall–Kier alpha value is -1.92. The summed E-state index contributed by atoms with van der Waals surface area (Å²) in [6, 6.07) is 12.5. The number of halogens is 1. The fraction of sp³-hybridized carbons (Fsp3) is 0.0667. The van der Waals surface area contributed by atoms with E-state index in [2.05, 4.69) is 21.2 Å². The molecule has 1 aromatic carbocycles. The van der Waals surface area contributed by atoms with E-state index in [1.807, 2.05) is 18.2 Å². The van der Waals surface area contributed by atoms with Crippen LogP contribution < -0.4 is 10.9 Å². The molecule has 0 aliphatic carbocycles. The molecule has 3 aromatic rings. The average molecular weight is 364 g/mol. The van der Waals surface area contributed by atoms with Crippen molar-refractivity contribution < 1.29 is 9.21 Å². The normalized spacial score (nSPS) is 10.7. The van der Waals surface area contributed by atoms with Gasteiger partial charge in [0.1, 0.15) is 11.1 Å². The predicted molar refractivity (Wildman–Crippen MR) is 85.7 cm³/mol. The second-order valence-corrected chi connectivity index (χ2v) is 6.92. The van der Waals surface area contributed by atoms with Crippen LogP contribution in [0.5, 0.6) is 0 Å². The Morgan fingerprint density at radius 2 is 2.05 bits per heavy atom. The third kappa shape index (κ3) is 3.06. The highest BCUT2D eigenvalue weighted by Crippen LogP contribution is 2.21. The van der Waals surface area contributed by atoms with Crippen LogP contribution in [0, 0.1) is 0 Å². The summed E-state index contributed by atoms with van der Waals surface area (Å²) in [6.45, 7) is 0.376. The van der Waals surface area contributed by atoms with Crippen LogP contribution in [-0.4, -0.2) is 5.91 Å². The largest absolute Gasteiger partial charge is 0.422 e. The fourth-order valence-corrected chi connectivity index (χ4v) is 3.35. The third-order valence-electron chi connectivity index (χ3n) is 2.94. The first-order valence-electron chi connectivity index (χ1n) is 6.19.